The quantitative estimate of drug-likeness (QED) is 0.435. The molecule has 1 aliphatic heterocycles. The number of hydrogen-bond acceptors (Lipinski definition) is 7. The third-order valence-electron chi connectivity index (χ3n) is 8.45. The van der Waals surface area contributed by atoms with Gasteiger partial charge in [-0.05, 0) is 88.4 Å². The molecule has 7 nitrogen and oxygen atoms in total. The largest absolute Gasteiger partial charge is 0.497 e. The van der Waals surface area contributed by atoms with E-state index in [0.717, 1.165) is 61.7 Å². The van der Waals surface area contributed by atoms with E-state index in [1.807, 2.05) is 30.5 Å². The Morgan fingerprint density at radius 1 is 1.00 bits per heavy atom. The minimum atomic E-state index is -0.160. The maximum atomic E-state index is 9.97. The molecule has 2 heterocycles. The Morgan fingerprint density at radius 2 is 1.78 bits per heavy atom. The second-order valence-electron chi connectivity index (χ2n) is 11.1. The summed E-state index contributed by atoms with van der Waals surface area (Å²) in [7, 11) is 1.67. The lowest BCUT2D eigenvalue weighted by Gasteiger charge is -2.36. The molecule has 3 aliphatic rings. The van der Waals surface area contributed by atoms with Crippen molar-refractivity contribution in [2.45, 2.75) is 88.7 Å². The predicted octanol–water partition coefficient (Wildman–Crippen LogP) is 5.70. The molecule has 0 atom stereocenters. The Morgan fingerprint density at radius 3 is 2.53 bits per heavy atom. The van der Waals surface area contributed by atoms with Crippen molar-refractivity contribution in [1.29, 1.82) is 0 Å². The van der Waals surface area contributed by atoms with Crippen LogP contribution in [0.3, 0.4) is 0 Å². The van der Waals surface area contributed by atoms with Gasteiger partial charge in [-0.2, -0.15) is 4.98 Å². The molecular formula is C29H43N5O2. The van der Waals surface area contributed by atoms with E-state index in [0.29, 0.717) is 17.9 Å². The Hall–Kier alpha value is -2.38. The zero-order valence-electron chi connectivity index (χ0n) is 21.8. The van der Waals surface area contributed by atoms with Crippen molar-refractivity contribution in [2.75, 3.05) is 37.4 Å². The van der Waals surface area contributed by atoms with Gasteiger partial charge in [-0.1, -0.05) is 25.3 Å². The number of hydrogen-bond donors (Lipinski definition) is 3. The first-order valence-corrected chi connectivity index (χ1v) is 14.1. The molecule has 0 unspecified atom stereocenters. The summed E-state index contributed by atoms with van der Waals surface area (Å²) in [5.74, 6) is 3.74. The Labute approximate surface area is 216 Å². The number of nitrogens with one attached hydrogen (secondary N) is 2. The number of methoxy groups -OCH3 is 1. The van der Waals surface area contributed by atoms with E-state index < -0.39 is 0 Å². The van der Waals surface area contributed by atoms with Crippen LogP contribution in [-0.2, 0) is 0 Å². The smallest absolute Gasteiger partial charge is 0.229 e. The van der Waals surface area contributed by atoms with E-state index in [1.54, 1.807) is 7.11 Å². The van der Waals surface area contributed by atoms with Gasteiger partial charge in [0.25, 0.3) is 0 Å². The summed E-state index contributed by atoms with van der Waals surface area (Å²) in [6, 6.07) is 8.19. The third kappa shape index (κ3) is 6.68. The van der Waals surface area contributed by atoms with Crippen molar-refractivity contribution < 1.29 is 9.84 Å². The van der Waals surface area contributed by atoms with Crippen molar-refractivity contribution in [1.82, 2.24) is 14.9 Å². The number of likely N-dealkylation sites (tertiary alicyclic amines) is 1. The number of aromatic nitrogens is 2. The van der Waals surface area contributed by atoms with Crippen LogP contribution in [0.5, 0.6) is 5.75 Å². The van der Waals surface area contributed by atoms with Crippen molar-refractivity contribution >= 4 is 17.5 Å². The molecule has 0 spiro atoms. The molecule has 3 fully saturated rings. The first-order valence-electron chi connectivity index (χ1n) is 14.1. The number of ether oxygens (including phenoxy) is 1. The van der Waals surface area contributed by atoms with E-state index in [9.17, 15) is 5.11 Å². The molecule has 1 saturated heterocycles. The van der Waals surface area contributed by atoms with E-state index in [-0.39, 0.29) is 6.10 Å². The standard InChI is InChI=1S/C29H43N5O2/c1-36-26-9-5-8-24(18-26)32-29-30-19-27(28(33-29)31-23-10-12-25(35)13-11-23)22-14-16-34(17-15-22)20-21-6-3-2-4-7-21/h5,8-9,18-19,21-23,25,35H,2-4,6-7,10-17,20H2,1H3,(H2,30,31,32,33)/t23-,25-. The average molecular weight is 494 g/mol. The van der Waals surface area contributed by atoms with Crippen LogP contribution in [0.1, 0.15) is 82.1 Å². The molecule has 0 radical (unpaired) electrons. The summed E-state index contributed by atoms with van der Waals surface area (Å²) < 4.78 is 5.36. The number of nitrogens with zero attached hydrogens (tertiary/aromatic N) is 3. The van der Waals surface area contributed by atoms with Gasteiger partial charge >= 0.3 is 0 Å². The molecule has 2 aliphatic carbocycles. The zero-order valence-corrected chi connectivity index (χ0v) is 21.8. The second kappa shape index (κ2) is 12.2. The van der Waals surface area contributed by atoms with Gasteiger partial charge in [-0.25, -0.2) is 4.98 Å². The summed E-state index contributed by atoms with van der Waals surface area (Å²) in [5, 5.41) is 17.1. The lowest BCUT2D eigenvalue weighted by molar-refractivity contribution is 0.126. The van der Waals surface area contributed by atoms with Gasteiger partial charge in [0.1, 0.15) is 11.6 Å². The van der Waals surface area contributed by atoms with Gasteiger partial charge in [-0.3, -0.25) is 0 Å². The van der Waals surface area contributed by atoms with E-state index in [1.165, 1.54) is 57.3 Å². The fourth-order valence-corrected chi connectivity index (χ4v) is 6.27. The molecule has 3 N–H and O–H groups in total. The highest BCUT2D eigenvalue weighted by atomic mass is 16.5. The lowest BCUT2D eigenvalue weighted by Crippen LogP contribution is -2.37. The van der Waals surface area contributed by atoms with Crippen molar-refractivity contribution in [3.8, 4) is 5.75 Å². The summed E-state index contributed by atoms with van der Waals surface area (Å²) in [6.45, 7) is 3.61. The van der Waals surface area contributed by atoms with Gasteiger partial charge in [0, 0.05) is 36.1 Å². The van der Waals surface area contributed by atoms with Crippen LogP contribution in [-0.4, -0.2) is 58.9 Å². The van der Waals surface area contributed by atoms with Crippen LogP contribution < -0.4 is 15.4 Å². The first kappa shape index (κ1) is 25.3. The fraction of sp³-hybridized carbons (Fsp3) is 0.655. The number of aliphatic hydroxyl groups is 1. The van der Waals surface area contributed by atoms with E-state index >= 15 is 0 Å². The Kier molecular flexibility index (Phi) is 8.59. The van der Waals surface area contributed by atoms with Crippen LogP contribution in [0.25, 0.3) is 0 Å². The highest BCUT2D eigenvalue weighted by molar-refractivity contribution is 5.58. The molecule has 2 aromatic rings. The molecule has 196 valence electrons. The van der Waals surface area contributed by atoms with Crippen LogP contribution in [0, 0.1) is 5.92 Å². The molecule has 2 saturated carbocycles. The maximum Gasteiger partial charge on any atom is 0.229 e. The van der Waals surface area contributed by atoms with Gasteiger partial charge < -0.3 is 25.4 Å². The number of rotatable bonds is 8. The van der Waals surface area contributed by atoms with Crippen LogP contribution in [0.4, 0.5) is 17.5 Å². The monoisotopic (exact) mass is 493 g/mol. The first-order chi connectivity index (χ1) is 17.7. The molecule has 36 heavy (non-hydrogen) atoms. The molecule has 5 rings (SSSR count). The van der Waals surface area contributed by atoms with Gasteiger partial charge in [0.15, 0.2) is 0 Å². The van der Waals surface area contributed by atoms with Crippen LogP contribution in [0.15, 0.2) is 30.5 Å². The maximum absolute atomic E-state index is 9.97. The highest BCUT2D eigenvalue weighted by Crippen LogP contribution is 2.35. The highest BCUT2D eigenvalue weighted by Gasteiger charge is 2.27. The van der Waals surface area contributed by atoms with E-state index in [4.69, 9.17) is 14.7 Å². The topological polar surface area (TPSA) is 82.5 Å². The zero-order chi connectivity index (χ0) is 24.7. The average Bonchev–Trinajstić information content (AvgIpc) is 2.91. The minimum Gasteiger partial charge on any atom is -0.497 e. The number of aliphatic hydroxyl groups excluding tert-OH is 1. The van der Waals surface area contributed by atoms with Gasteiger partial charge in [-0.15, -0.1) is 0 Å². The molecule has 7 heteroatoms. The molecular weight excluding hydrogens is 450 g/mol. The third-order valence-corrected chi connectivity index (χ3v) is 8.45. The summed E-state index contributed by atoms with van der Waals surface area (Å²) in [4.78, 5) is 12.4. The fourth-order valence-electron chi connectivity index (χ4n) is 6.27. The molecule has 1 aromatic carbocycles. The molecule has 1 aromatic heterocycles. The van der Waals surface area contributed by atoms with Crippen molar-refractivity contribution in [2.24, 2.45) is 5.92 Å². The normalized spacial score (nSPS) is 24.4. The molecule has 0 bridgehead atoms. The number of anilines is 3. The summed E-state index contributed by atoms with van der Waals surface area (Å²) in [5.41, 5.74) is 2.15. The van der Waals surface area contributed by atoms with Gasteiger partial charge in [0.05, 0.1) is 13.2 Å². The predicted molar refractivity (Wildman–Crippen MR) is 145 cm³/mol. The SMILES string of the molecule is COc1cccc(Nc2ncc(C3CCN(CC4CCCCC4)CC3)c(N[C@H]3CC[C@H](O)CC3)n2)c1. The van der Waals surface area contributed by atoms with E-state index in [2.05, 4.69) is 15.5 Å². The van der Waals surface area contributed by atoms with Gasteiger partial charge in [0.2, 0.25) is 5.95 Å². The Bertz CT molecular complexity index is 964. The van der Waals surface area contributed by atoms with Crippen molar-refractivity contribution in [3.63, 3.8) is 0 Å². The number of piperidine rings is 1. The van der Waals surface area contributed by atoms with Crippen LogP contribution >= 0.6 is 0 Å². The van der Waals surface area contributed by atoms with Crippen LogP contribution in [0.2, 0.25) is 0 Å². The summed E-state index contributed by atoms with van der Waals surface area (Å²) in [6.07, 6.45) is 15.0. The Balaban J connectivity index is 1.28. The number of benzene rings is 1. The van der Waals surface area contributed by atoms with Crippen molar-refractivity contribution in [3.05, 3.63) is 36.0 Å². The summed E-state index contributed by atoms with van der Waals surface area (Å²) >= 11 is 0. The second-order valence-corrected chi connectivity index (χ2v) is 11.1. The lowest BCUT2D eigenvalue weighted by atomic mass is 9.86. The minimum absolute atomic E-state index is 0.160. The molecule has 0 amide bonds.